The highest BCUT2D eigenvalue weighted by molar-refractivity contribution is 5.81. The van der Waals surface area contributed by atoms with Crippen molar-refractivity contribution in [1.82, 2.24) is 9.80 Å². The van der Waals surface area contributed by atoms with E-state index in [4.69, 9.17) is 5.11 Å². The van der Waals surface area contributed by atoms with Crippen LogP contribution in [0.3, 0.4) is 0 Å². The van der Waals surface area contributed by atoms with Crippen LogP contribution in [0.25, 0.3) is 0 Å². The van der Waals surface area contributed by atoms with E-state index < -0.39 is 11.5 Å². The van der Waals surface area contributed by atoms with Crippen molar-refractivity contribution in [2.45, 2.75) is 52.6 Å². The minimum Gasteiger partial charge on any atom is -0.480 e. The van der Waals surface area contributed by atoms with Gasteiger partial charge in [-0.2, -0.15) is 0 Å². The van der Waals surface area contributed by atoms with Crippen LogP contribution in [0.4, 0.5) is 4.79 Å². The number of carboxylic acids is 1. The molecule has 1 aliphatic rings. The monoisotopic (exact) mass is 256 g/mol. The number of carboxylic acid groups (broad SMARTS) is 1. The van der Waals surface area contributed by atoms with Crippen molar-refractivity contribution in [2.24, 2.45) is 5.92 Å². The number of hydrogen-bond acceptors (Lipinski definition) is 2. The maximum atomic E-state index is 12.5. The van der Waals surface area contributed by atoms with Crippen molar-refractivity contribution in [3.05, 3.63) is 0 Å². The lowest BCUT2D eigenvalue weighted by Crippen LogP contribution is -2.54. The third-order valence-electron chi connectivity index (χ3n) is 3.36. The van der Waals surface area contributed by atoms with Gasteiger partial charge in [0.25, 0.3) is 0 Å². The number of urea groups is 1. The lowest BCUT2D eigenvalue weighted by Gasteiger charge is -2.38. The van der Waals surface area contributed by atoms with Gasteiger partial charge in [-0.05, 0) is 40.0 Å². The summed E-state index contributed by atoms with van der Waals surface area (Å²) in [5, 5.41) is 8.94. The summed E-state index contributed by atoms with van der Waals surface area (Å²) in [6.45, 7) is 10.2. The summed E-state index contributed by atoms with van der Waals surface area (Å²) >= 11 is 0. The van der Waals surface area contributed by atoms with Crippen molar-refractivity contribution in [1.29, 1.82) is 0 Å². The predicted octanol–water partition coefficient (Wildman–Crippen LogP) is 2.02. The van der Waals surface area contributed by atoms with Gasteiger partial charge in [-0.3, -0.25) is 4.79 Å². The first-order valence-electron chi connectivity index (χ1n) is 6.43. The van der Waals surface area contributed by atoms with Crippen LogP contribution in [-0.2, 0) is 4.79 Å². The Morgan fingerprint density at radius 2 is 1.89 bits per heavy atom. The molecule has 2 amide bonds. The van der Waals surface area contributed by atoms with E-state index in [0.717, 1.165) is 6.42 Å². The molecule has 0 aliphatic carbocycles. The van der Waals surface area contributed by atoms with Crippen LogP contribution in [0.15, 0.2) is 0 Å². The van der Waals surface area contributed by atoms with Gasteiger partial charge in [-0.1, -0.05) is 6.92 Å². The maximum absolute atomic E-state index is 12.5. The SMILES string of the molecule is CC1CC(C)N(C(=O)N(CC(=O)O)C(C)(C)C)C1. The van der Waals surface area contributed by atoms with E-state index in [1.807, 2.05) is 27.7 Å². The molecule has 0 bridgehead atoms. The molecule has 1 N–H and O–H groups in total. The van der Waals surface area contributed by atoms with Gasteiger partial charge in [0.05, 0.1) is 0 Å². The number of likely N-dealkylation sites (tertiary alicyclic amines) is 1. The van der Waals surface area contributed by atoms with Gasteiger partial charge in [0.15, 0.2) is 0 Å². The molecule has 5 heteroatoms. The number of amides is 2. The van der Waals surface area contributed by atoms with Gasteiger partial charge in [0.2, 0.25) is 0 Å². The molecule has 1 saturated heterocycles. The van der Waals surface area contributed by atoms with Crippen molar-refractivity contribution < 1.29 is 14.7 Å². The summed E-state index contributed by atoms with van der Waals surface area (Å²) in [5.74, 6) is -0.492. The highest BCUT2D eigenvalue weighted by Crippen LogP contribution is 2.26. The smallest absolute Gasteiger partial charge is 0.323 e. The first-order valence-corrected chi connectivity index (χ1v) is 6.43. The van der Waals surface area contributed by atoms with E-state index in [2.05, 4.69) is 6.92 Å². The van der Waals surface area contributed by atoms with Crippen LogP contribution in [0, 0.1) is 5.92 Å². The lowest BCUT2D eigenvalue weighted by molar-refractivity contribution is -0.138. The molecule has 1 heterocycles. The molecule has 2 atom stereocenters. The minimum atomic E-state index is -0.974. The Labute approximate surface area is 109 Å². The van der Waals surface area contributed by atoms with Crippen LogP contribution in [-0.4, -0.2) is 51.6 Å². The zero-order valence-corrected chi connectivity index (χ0v) is 11.9. The van der Waals surface area contributed by atoms with Crippen LogP contribution < -0.4 is 0 Å². The van der Waals surface area contributed by atoms with Crippen molar-refractivity contribution in [2.75, 3.05) is 13.1 Å². The third-order valence-corrected chi connectivity index (χ3v) is 3.36. The van der Waals surface area contributed by atoms with Crippen LogP contribution in [0.2, 0.25) is 0 Å². The van der Waals surface area contributed by atoms with Crippen LogP contribution in [0.1, 0.15) is 41.0 Å². The molecule has 104 valence electrons. The second-order valence-electron chi connectivity index (χ2n) is 6.28. The van der Waals surface area contributed by atoms with E-state index in [1.165, 1.54) is 4.90 Å². The maximum Gasteiger partial charge on any atom is 0.323 e. The summed E-state index contributed by atoms with van der Waals surface area (Å²) < 4.78 is 0. The van der Waals surface area contributed by atoms with Crippen LogP contribution in [0.5, 0.6) is 0 Å². The summed E-state index contributed by atoms with van der Waals surface area (Å²) in [6, 6.07) is 0.0212. The number of hydrogen-bond donors (Lipinski definition) is 1. The van der Waals surface area contributed by atoms with Gasteiger partial charge < -0.3 is 14.9 Å². The largest absolute Gasteiger partial charge is 0.480 e. The summed E-state index contributed by atoms with van der Waals surface area (Å²) in [5.41, 5.74) is -0.485. The Kier molecular flexibility index (Phi) is 4.24. The molecule has 2 unspecified atom stereocenters. The normalized spacial score (nSPS) is 24.2. The molecule has 1 rings (SSSR count). The van der Waals surface area contributed by atoms with Gasteiger partial charge in [0.1, 0.15) is 6.54 Å². The van der Waals surface area contributed by atoms with Crippen LogP contribution >= 0.6 is 0 Å². The Balaban J connectivity index is 2.86. The second kappa shape index (κ2) is 5.16. The highest BCUT2D eigenvalue weighted by atomic mass is 16.4. The summed E-state index contributed by atoms with van der Waals surface area (Å²) in [4.78, 5) is 26.6. The van der Waals surface area contributed by atoms with Gasteiger partial charge >= 0.3 is 12.0 Å². The standard InChI is InChI=1S/C13H24N2O3/c1-9-6-10(2)14(7-9)12(18)15(8-11(16)17)13(3,4)5/h9-10H,6-8H2,1-5H3,(H,16,17). The molecule has 0 aromatic rings. The molecular formula is C13H24N2O3. The number of rotatable bonds is 2. The first kappa shape index (κ1) is 14.8. The predicted molar refractivity (Wildman–Crippen MR) is 69.4 cm³/mol. The van der Waals surface area contributed by atoms with Crippen molar-refractivity contribution in [3.63, 3.8) is 0 Å². The zero-order chi connectivity index (χ0) is 14.1. The van der Waals surface area contributed by atoms with E-state index in [0.29, 0.717) is 12.5 Å². The molecule has 0 radical (unpaired) electrons. The molecule has 0 aromatic heterocycles. The summed E-state index contributed by atoms with van der Waals surface area (Å²) in [6.07, 6.45) is 0.983. The first-order chi connectivity index (χ1) is 8.12. The third kappa shape index (κ3) is 3.37. The van der Waals surface area contributed by atoms with Gasteiger partial charge in [0, 0.05) is 18.1 Å². The fourth-order valence-corrected chi connectivity index (χ4v) is 2.45. The van der Waals surface area contributed by atoms with Gasteiger partial charge in [-0.25, -0.2) is 4.79 Å². The molecule has 0 aromatic carbocycles. The van der Waals surface area contributed by atoms with E-state index >= 15 is 0 Å². The highest BCUT2D eigenvalue weighted by Gasteiger charge is 2.37. The van der Waals surface area contributed by atoms with Crippen molar-refractivity contribution in [3.8, 4) is 0 Å². The molecular weight excluding hydrogens is 232 g/mol. The molecule has 18 heavy (non-hydrogen) atoms. The van der Waals surface area contributed by atoms with E-state index in [1.54, 1.807) is 4.90 Å². The topological polar surface area (TPSA) is 60.9 Å². The molecule has 1 fully saturated rings. The van der Waals surface area contributed by atoms with Crippen molar-refractivity contribution >= 4 is 12.0 Å². The molecule has 1 aliphatic heterocycles. The Hall–Kier alpha value is -1.26. The fourth-order valence-electron chi connectivity index (χ4n) is 2.45. The van der Waals surface area contributed by atoms with E-state index in [-0.39, 0.29) is 18.6 Å². The minimum absolute atomic E-state index is 0.165. The number of carbonyl (C=O) groups is 2. The molecule has 5 nitrogen and oxygen atoms in total. The number of nitrogens with zero attached hydrogens (tertiary/aromatic N) is 2. The Morgan fingerprint density at radius 3 is 2.22 bits per heavy atom. The Bertz CT molecular complexity index is 336. The fraction of sp³-hybridized carbons (Fsp3) is 0.846. The lowest BCUT2D eigenvalue weighted by atomic mass is 10.1. The number of aliphatic carboxylic acids is 1. The molecule has 0 spiro atoms. The zero-order valence-electron chi connectivity index (χ0n) is 11.9. The average Bonchev–Trinajstić information content (AvgIpc) is 2.51. The molecule has 0 saturated carbocycles. The van der Waals surface area contributed by atoms with Gasteiger partial charge in [-0.15, -0.1) is 0 Å². The quantitative estimate of drug-likeness (QED) is 0.822. The van der Waals surface area contributed by atoms with E-state index in [9.17, 15) is 9.59 Å². The average molecular weight is 256 g/mol. The Morgan fingerprint density at radius 1 is 1.33 bits per heavy atom. The second-order valence-corrected chi connectivity index (χ2v) is 6.28. The summed E-state index contributed by atoms with van der Waals surface area (Å²) in [7, 11) is 0. The number of carbonyl (C=O) groups excluding carboxylic acids is 1.